The van der Waals surface area contributed by atoms with Crippen LogP contribution in [0, 0.1) is 18.2 Å². The van der Waals surface area contributed by atoms with E-state index < -0.39 is 11.7 Å². The Kier molecular flexibility index (Phi) is 5.02. The number of nitrogens with one attached hydrogen (secondary N) is 1. The summed E-state index contributed by atoms with van der Waals surface area (Å²) < 4.78 is 13.3. The van der Waals surface area contributed by atoms with Crippen molar-refractivity contribution in [2.24, 2.45) is 0 Å². The molecule has 0 heterocycles. The number of carbonyl (C=O) groups excluding carboxylic acids is 1. The van der Waals surface area contributed by atoms with Crippen molar-refractivity contribution in [1.82, 2.24) is 5.32 Å². The van der Waals surface area contributed by atoms with Crippen molar-refractivity contribution in [2.45, 2.75) is 19.3 Å². The van der Waals surface area contributed by atoms with Crippen LogP contribution < -0.4 is 11.1 Å². The van der Waals surface area contributed by atoms with Crippen LogP contribution in [0.3, 0.4) is 0 Å². The monoisotopic (exact) mass is 234 g/mol. The van der Waals surface area contributed by atoms with Crippen molar-refractivity contribution in [3.63, 3.8) is 0 Å². The van der Waals surface area contributed by atoms with Gasteiger partial charge in [0.15, 0.2) is 0 Å². The molecule has 3 nitrogen and oxygen atoms in total. The third-order valence-corrected chi connectivity index (χ3v) is 2.27. The molecule has 3 N–H and O–H groups in total. The van der Waals surface area contributed by atoms with Gasteiger partial charge < -0.3 is 11.1 Å². The quantitative estimate of drug-likeness (QED) is 0.464. The maximum absolute atomic E-state index is 13.3. The van der Waals surface area contributed by atoms with Crippen molar-refractivity contribution in [1.29, 1.82) is 0 Å². The highest BCUT2D eigenvalue weighted by Gasteiger charge is 2.10. The molecule has 1 aromatic rings. The predicted molar refractivity (Wildman–Crippen MR) is 65.8 cm³/mol. The van der Waals surface area contributed by atoms with Gasteiger partial charge in [-0.05, 0) is 31.0 Å². The van der Waals surface area contributed by atoms with Crippen LogP contribution >= 0.6 is 0 Å². The Labute approximate surface area is 100 Å². The summed E-state index contributed by atoms with van der Waals surface area (Å²) in [7, 11) is 0. The van der Waals surface area contributed by atoms with Crippen LogP contribution in [-0.4, -0.2) is 12.5 Å². The smallest absolute Gasteiger partial charge is 0.254 e. The summed E-state index contributed by atoms with van der Waals surface area (Å²) in [5, 5.41) is 2.62. The van der Waals surface area contributed by atoms with Crippen LogP contribution in [0.15, 0.2) is 18.2 Å². The van der Waals surface area contributed by atoms with Gasteiger partial charge in [0.1, 0.15) is 5.82 Å². The Bertz CT molecular complexity index is 438. The van der Waals surface area contributed by atoms with Crippen LogP contribution in [0.4, 0.5) is 10.1 Å². The van der Waals surface area contributed by atoms with Crippen LogP contribution in [-0.2, 0) is 0 Å². The Hall–Kier alpha value is -2.02. The lowest BCUT2D eigenvalue weighted by Crippen LogP contribution is -2.25. The summed E-state index contributed by atoms with van der Waals surface area (Å²) in [6, 6.07) is 3.92. The van der Waals surface area contributed by atoms with Gasteiger partial charge in [-0.3, -0.25) is 4.79 Å². The SMILES string of the molecule is C#CCCCCNC(=O)c1cc(N)ccc1F. The minimum Gasteiger partial charge on any atom is -0.399 e. The Morgan fingerprint density at radius 2 is 2.24 bits per heavy atom. The third-order valence-electron chi connectivity index (χ3n) is 2.27. The molecule has 0 saturated carbocycles. The van der Waals surface area contributed by atoms with E-state index in [9.17, 15) is 9.18 Å². The van der Waals surface area contributed by atoms with Gasteiger partial charge in [-0.1, -0.05) is 0 Å². The Morgan fingerprint density at radius 1 is 1.47 bits per heavy atom. The molecule has 0 aromatic heterocycles. The van der Waals surface area contributed by atoms with Crippen LogP contribution in [0.2, 0.25) is 0 Å². The van der Waals surface area contributed by atoms with Gasteiger partial charge in [0.25, 0.3) is 5.91 Å². The summed E-state index contributed by atoms with van der Waals surface area (Å²) in [6.07, 6.45) is 7.40. The Morgan fingerprint density at radius 3 is 2.94 bits per heavy atom. The molecule has 1 rings (SSSR count). The molecule has 0 atom stereocenters. The molecule has 0 saturated heterocycles. The predicted octanol–water partition coefficient (Wildman–Crippen LogP) is 1.94. The van der Waals surface area contributed by atoms with Crippen molar-refractivity contribution < 1.29 is 9.18 Å². The first-order valence-electron chi connectivity index (χ1n) is 5.42. The number of hydrogen-bond donors (Lipinski definition) is 2. The average molecular weight is 234 g/mol. The lowest BCUT2D eigenvalue weighted by Gasteiger charge is -2.06. The van der Waals surface area contributed by atoms with Gasteiger partial charge in [0.2, 0.25) is 0 Å². The van der Waals surface area contributed by atoms with Crippen LogP contribution in [0.25, 0.3) is 0 Å². The van der Waals surface area contributed by atoms with E-state index in [2.05, 4.69) is 11.2 Å². The number of benzene rings is 1. The lowest BCUT2D eigenvalue weighted by molar-refractivity contribution is 0.0949. The van der Waals surface area contributed by atoms with E-state index >= 15 is 0 Å². The number of amides is 1. The summed E-state index contributed by atoms with van der Waals surface area (Å²) in [5.41, 5.74) is 5.83. The topological polar surface area (TPSA) is 55.1 Å². The molecule has 0 aliphatic rings. The zero-order chi connectivity index (χ0) is 12.7. The number of nitrogen functional groups attached to an aromatic ring is 1. The maximum atomic E-state index is 13.3. The molecule has 0 bridgehead atoms. The zero-order valence-electron chi connectivity index (χ0n) is 9.50. The van der Waals surface area contributed by atoms with E-state index in [0.717, 1.165) is 12.8 Å². The summed E-state index contributed by atoms with van der Waals surface area (Å²) in [5.74, 6) is 1.50. The van der Waals surface area contributed by atoms with E-state index in [-0.39, 0.29) is 5.56 Å². The molecule has 1 aromatic carbocycles. The summed E-state index contributed by atoms with van der Waals surface area (Å²) >= 11 is 0. The zero-order valence-corrected chi connectivity index (χ0v) is 9.50. The fourth-order valence-electron chi connectivity index (χ4n) is 1.37. The maximum Gasteiger partial charge on any atom is 0.254 e. The van der Waals surface area contributed by atoms with E-state index in [1.54, 1.807) is 0 Å². The van der Waals surface area contributed by atoms with Crippen LogP contribution in [0.1, 0.15) is 29.6 Å². The number of halogens is 1. The summed E-state index contributed by atoms with van der Waals surface area (Å²) in [4.78, 5) is 11.6. The number of rotatable bonds is 5. The first-order chi connectivity index (χ1) is 8.15. The minimum atomic E-state index is -0.569. The molecule has 17 heavy (non-hydrogen) atoms. The molecule has 0 aliphatic heterocycles. The van der Waals surface area contributed by atoms with Gasteiger partial charge >= 0.3 is 0 Å². The molecule has 4 heteroatoms. The average Bonchev–Trinajstić information content (AvgIpc) is 2.32. The van der Waals surface area contributed by atoms with Gasteiger partial charge in [0, 0.05) is 18.7 Å². The standard InChI is InChI=1S/C13H15FN2O/c1-2-3-4-5-8-16-13(17)11-9-10(15)6-7-12(11)14/h1,6-7,9H,3-5,8,15H2,(H,16,17). The minimum absolute atomic E-state index is 0.0260. The molecular formula is C13H15FN2O. The molecule has 0 aliphatic carbocycles. The lowest BCUT2D eigenvalue weighted by atomic mass is 10.1. The van der Waals surface area contributed by atoms with Crippen molar-refractivity contribution in [3.8, 4) is 12.3 Å². The van der Waals surface area contributed by atoms with E-state index in [0.29, 0.717) is 18.7 Å². The van der Waals surface area contributed by atoms with Gasteiger partial charge in [-0.15, -0.1) is 12.3 Å². The fourth-order valence-corrected chi connectivity index (χ4v) is 1.37. The number of anilines is 1. The van der Waals surface area contributed by atoms with Crippen molar-refractivity contribution >= 4 is 11.6 Å². The first kappa shape index (κ1) is 13.0. The molecule has 0 radical (unpaired) electrons. The highest BCUT2D eigenvalue weighted by molar-refractivity contribution is 5.95. The number of unbranched alkanes of at least 4 members (excludes halogenated alkanes) is 2. The van der Waals surface area contributed by atoms with Gasteiger partial charge in [0.05, 0.1) is 5.56 Å². The second kappa shape index (κ2) is 6.54. The molecule has 0 spiro atoms. The summed E-state index contributed by atoms with van der Waals surface area (Å²) in [6.45, 7) is 0.481. The molecule has 0 unspecified atom stereocenters. The molecular weight excluding hydrogens is 219 g/mol. The number of hydrogen-bond acceptors (Lipinski definition) is 2. The second-order valence-electron chi connectivity index (χ2n) is 3.66. The number of nitrogens with two attached hydrogens (primary N) is 1. The number of carbonyl (C=O) groups is 1. The van der Waals surface area contributed by atoms with E-state index in [1.807, 2.05) is 0 Å². The second-order valence-corrected chi connectivity index (χ2v) is 3.66. The van der Waals surface area contributed by atoms with Crippen molar-refractivity contribution in [2.75, 3.05) is 12.3 Å². The number of terminal acetylenes is 1. The molecule has 0 fully saturated rings. The highest BCUT2D eigenvalue weighted by atomic mass is 19.1. The third kappa shape index (κ3) is 4.15. The molecule has 1 amide bonds. The van der Waals surface area contributed by atoms with Gasteiger partial charge in [-0.25, -0.2) is 4.39 Å². The van der Waals surface area contributed by atoms with Gasteiger partial charge in [-0.2, -0.15) is 0 Å². The highest BCUT2D eigenvalue weighted by Crippen LogP contribution is 2.11. The van der Waals surface area contributed by atoms with Crippen molar-refractivity contribution in [3.05, 3.63) is 29.6 Å². The van der Waals surface area contributed by atoms with E-state index in [4.69, 9.17) is 12.2 Å². The van der Waals surface area contributed by atoms with Crippen LogP contribution in [0.5, 0.6) is 0 Å². The van der Waals surface area contributed by atoms with E-state index in [1.165, 1.54) is 18.2 Å². The molecule has 90 valence electrons. The normalized spacial score (nSPS) is 9.65. The first-order valence-corrected chi connectivity index (χ1v) is 5.42. The Balaban J connectivity index is 2.47. The largest absolute Gasteiger partial charge is 0.399 e. The fraction of sp³-hybridized carbons (Fsp3) is 0.308.